The van der Waals surface area contributed by atoms with E-state index in [0.717, 1.165) is 72.5 Å². The van der Waals surface area contributed by atoms with Gasteiger partial charge in [-0.2, -0.15) is 0 Å². The highest BCUT2D eigenvalue weighted by Crippen LogP contribution is 2.36. The summed E-state index contributed by atoms with van der Waals surface area (Å²) in [6, 6.07) is -9.45. The third-order valence-corrected chi connectivity index (χ3v) is 23.2. The molecule has 3 saturated heterocycles. The maximum atomic E-state index is 15.7. The van der Waals surface area contributed by atoms with Crippen molar-refractivity contribution in [3.63, 3.8) is 0 Å². The third kappa shape index (κ3) is 22.3. The molecule has 12 amide bonds. The number of likely N-dealkylation sites (tertiary alicyclic amines) is 1. The predicted molar refractivity (Wildman–Crippen MR) is 377 cm³/mol. The third-order valence-electron chi connectivity index (χ3n) is 21.7. The van der Waals surface area contributed by atoms with E-state index in [-0.39, 0.29) is 74.3 Å². The molecular weight excluding hydrogens is 1380 g/mol. The zero-order valence-electron chi connectivity index (χ0n) is 60.3. The van der Waals surface area contributed by atoms with E-state index in [1.165, 1.54) is 73.7 Å². The zero-order valence-corrected chi connectivity index (χ0v) is 63.2. The zero-order chi connectivity index (χ0) is 71.7. The molecule has 0 aromatic carbocycles. The fraction of sp³-hybridized carbons (Fsp3) is 0.829. The molecule has 2 unspecified atom stereocenters. The molecule has 6 aliphatic rings. The van der Waals surface area contributed by atoms with Gasteiger partial charge in [-0.25, -0.2) is 0 Å². The van der Waals surface area contributed by atoms with Crippen molar-refractivity contribution in [2.45, 2.75) is 247 Å². The van der Waals surface area contributed by atoms with Gasteiger partial charge in [0, 0.05) is 91.3 Å². The highest BCUT2D eigenvalue weighted by atomic mass is 127. The molecule has 27 heteroatoms. The van der Waals surface area contributed by atoms with Crippen molar-refractivity contribution in [3.8, 4) is 0 Å². The summed E-state index contributed by atoms with van der Waals surface area (Å²) in [6.45, 7) is 10.3. The van der Waals surface area contributed by atoms with Gasteiger partial charge in [-0.05, 0) is 120 Å². The molecular formula is C70H116ClIN12O13. The van der Waals surface area contributed by atoms with Crippen LogP contribution < -0.4 is 16.0 Å². The van der Waals surface area contributed by atoms with E-state index in [9.17, 15) is 38.4 Å². The number of carbonyl (C=O) groups excluding carboxylic acids is 12. The first-order chi connectivity index (χ1) is 45.8. The largest absolute Gasteiger partial charge is 0.377 e. The first-order valence-electron chi connectivity index (χ1n) is 36.0. The number of alkyl halides is 2. The maximum Gasteiger partial charge on any atom is 0.245 e. The van der Waals surface area contributed by atoms with Crippen LogP contribution in [0.2, 0.25) is 0 Å². The molecule has 0 radical (unpaired) electrons. The van der Waals surface area contributed by atoms with Crippen LogP contribution in [-0.4, -0.2) is 274 Å². The van der Waals surface area contributed by atoms with Gasteiger partial charge in [-0.15, -0.1) is 11.6 Å². The lowest BCUT2D eigenvalue weighted by molar-refractivity contribution is -0.153. The van der Waals surface area contributed by atoms with Crippen molar-refractivity contribution in [1.29, 1.82) is 0 Å². The Morgan fingerprint density at radius 2 is 1.15 bits per heavy atom. The Hall–Kier alpha value is -5.38. The number of likely N-dealkylation sites (N-methyl/N-ethyl adjacent to an activating group) is 7. The molecule has 3 aliphatic heterocycles. The highest BCUT2D eigenvalue weighted by Gasteiger charge is 2.48. The van der Waals surface area contributed by atoms with Crippen molar-refractivity contribution < 1.29 is 62.3 Å². The molecule has 12 atom stereocenters. The summed E-state index contributed by atoms with van der Waals surface area (Å²) >= 11 is 8.97. The molecule has 548 valence electrons. The highest BCUT2D eigenvalue weighted by molar-refractivity contribution is 14.1. The number of amides is 12. The number of ether oxygens (including phenoxy) is 1. The van der Waals surface area contributed by atoms with Crippen LogP contribution in [0, 0.1) is 29.6 Å². The van der Waals surface area contributed by atoms with Gasteiger partial charge in [0.25, 0.3) is 0 Å². The second kappa shape index (κ2) is 37.9. The number of hydrogen-bond acceptors (Lipinski definition) is 13. The number of halogens is 2. The Morgan fingerprint density at radius 3 is 1.76 bits per heavy atom. The van der Waals surface area contributed by atoms with E-state index >= 15 is 19.2 Å². The minimum absolute atomic E-state index is 0.00321. The van der Waals surface area contributed by atoms with Crippen LogP contribution in [0.3, 0.4) is 0 Å². The Balaban J connectivity index is 1.43. The van der Waals surface area contributed by atoms with Gasteiger partial charge in [0.05, 0.1) is 32.2 Å². The van der Waals surface area contributed by atoms with Gasteiger partial charge < -0.3 is 64.8 Å². The molecule has 0 spiro atoms. The van der Waals surface area contributed by atoms with Gasteiger partial charge in [-0.1, -0.05) is 102 Å². The van der Waals surface area contributed by atoms with E-state index in [1.54, 1.807) is 18.9 Å². The molecule has 0 aromatic rings. The Morgan fingerprint density at radius 1 is 0.567 bits per heavy atom. The Kier molecular flexibility index (Phi) is 31.5. The predicted octanol–water partition coefficient (Wildman–Crippen LogP) is 4.81. The molecule has 25 nitrogen and oxygen atoms in total. The second-order valence-electron chi connectivity index (χ2n) is 29.5. The van der Waals surface area contributed by atoms with Crippen molar-refractivity contribution in [2.24, 2.45) is 29.6 Å². The van der Waals surface area contributed by atoms with E-state index in [0.29, 0.717) is 62.0 Å². The summed E-state index contributed by atoms with van der Waals surface area (Å²) in [5.41, 5.74) is 0. The topological polar surface area (TPSA) is 279 Å². The Labute approximate surface area is 595 Å². The van der Waals surface area contributed by atoms with Crippen LogP contribution >= 0.6 is 34.2 Å². The number of carbonyl (C=O) groups is 12. The van der Waals surface area contributed by atoms with Crippen LogP contribution in [0.15, 0.2) is 0 Å². The summed E-state index contributed by atoms with van der Waals surface area (Å²) in [5, 5.41) is 8.69. The molecule has 6 fully saturated rings. The van der Waals surface area contributed by atoms with Crippen LogP contribution in [0.4, 0.5) is 0 Å². The quantitative estimate of drug-likeness (QED) is 0.165. The van der Waals surface area contributed by atoms with Crippen LogP contribution in [0.1, 0.15) is 183 Å². The molecule has 0 aromatic heterocycles. The van der Waals surface area contributed by atoms with Gasteiger partial charge in [-0.3, -0.25) is 57.5 Å². The molecule has 6 rings (SSSR count). The van der Waals surface area contributed by atoms with Crippen LogP contribution in [-0.2, 0) is 62.3 Å². The normalized spacial score (nSPS) is 31.2. The lowest BCUT2D eigenvalue weighted by Gasteiger charge is -2.39. The van der Waals surface area contributed by atoms with E-state index < -0.39 is 157 Å². The van der Waals surface area contributed by atoms with E-state index in [4.69, 9.17) is 16.3 Å². The van der Waals surface area contributed by atoms with Crippen molar-refractivity contribution in [3.05, 3.63) is 0 Å². The smallest absolute Gasteiger partial charge is 0.245 e. The minimum atomic E-state index is -1.42. The maximum absolute atomic E-state index is 15.7. The fourth-order valence-corrected chi connectivity index (χ4v) is 16.5. The van der Waals surface area contributed by atoms with Crippen LogP contribution in [0.5, 0.6) is 0 Å². The average Bonchev–Trinajstić information content (AvgIpc) is 1.74. The average molecular weight is 1500 g/mol. The summed E-state index contributed by atoms with van der Waals surface area (Å²) in [4.78, 5) is 190. The lowest BCUT2D eigenvalue weighted by atomic mass is 9.84. The number of nitrogens with zero attached hydrogens (tertiary/aromatic N) is 9. The molecule has 3 saturated carbocycles. The molecule has 3 heterocycles. The van der Waals surface area contributed by atoms with Crippen LogP contribution in [0.25, 0.3) is 0 Å². The summed E-state index contributed by atoms with van der Waals surface area (Å²) < 4.78 is 6.52. The molecule has 3 aliphatic carbocycles. The summed E-state index contributed by atoms with van der Waals surface area (Å²) in [6.07, 6.45) is 12.6. The first-order valence-corrected chi connectivity index (χ1v) is 37.7. The lowest BCUT2D eigenvalue weighted by Crippen LogP contribution is -2.60. The molecule has 0 bridgehead atoms. The summed E-state index contributed by atoms with van der Waals surface area (Å²) in [7, 11) is 10.2. The standard InChI is InChI=1S/C70H116ClIN12O13/c1-14-44(5)62-70(96)78(9)41-60(87)76(7)42-61(88)80(11)55(36-47-26-28-49(71)29-27-47)67(93)77(8)40-58(85)73-52(34-48-24-21-25-50(72)33-48)66(92)84-39-51(97-15-2)37-57(84)69(95)82(13)56(35-46-22-17-16-18-23-46)68(94)81(12)54(32-43(3)4)64(90)74-53(65(91)83-30-19-20-31-83)38-59(86)79(10)45(6)63(89)75-62/h43-57,62H,14-42H2,1-13H3,(H,73,85)(H,74,90)(H,75,89)/t44-,45-,47?,48?,49?,50?,51+,52-,53-,54-,55-,56-,57-,62-/m0/s1. The monoisotopic (exact) mass is 1490 g/mol. The first kappa shape index (κ1) is 80.6. The molecule has 3 N–H and O–H groups in total. The number of hydrogen-bond donors (Lipinski definition) is 3. The number of fused-ring (bicyclic) bond motifs is 1. The van der Waals surface area contributed by atoms with E-state index in [2.05, 4.69) is 38.5 Å². The van der Waals surface area contributed by atoms with Crippen molar-refractivity contribution in [1.82, 2.24) is 60.0 Å². The fourth-order valence-electron chi connectivity index (χ4n) is 15.0. The van der Waals surface area contributed by atoms with E-state index in [1.807, 2.05) is 27.7 Å². The van der Waals surface area contributed by atoms with Gasteiger partial charge in [0.2, 0.25) is 70.9 Å². The van der Waals surface area contributed by atoms with Crippen molar-refractivity contribution in [2.75, 3.05) is 95.2 Å². The number of rotatable bonds is 13. The van der Waals surface area contributed by atoms with Crippen molar-refractivity contribution >= 4 is 105 Å². The SMILES string of the molecule is CCO[C@@H]1C[C@H]2C(=O)N(C)[C@@H](CC3CCCCC3)C(=O)N(C)[C@@H](CC(C)C)C(=O)N[C@H](C(=O)N3CCCC3)CC(=O)N(C)[C@@H](C)C(=O)N[C@@H]([C@@H](C)CC)C(=O)N(C)CC(=O)N(C)CC(=O)N(C)[C@@H](CC3CCC(Cl)CC3)C(=O)N(C)CC(=O)N[C@@H](CC3CCCC(I)C3)C(=O)N2C1. The minimum Gasteiger partial charge on any atom is -0.377 e. The summed E-state index contributed by atoms with van der Waals surface area (Å²) in [5.74, 6) is -7.66. The van der Waals surface area contributed by atoms with Gasteiger partial charge in [0.1, 0.15) is 48.3 Å². The second-order valence-corrected chi connectivity index (χ2v) is 31.8. The van der Waals surface area contributed by atoms with Gasteiger partial charge in [0.15, 0.2) is 0 Å². The Bertz CT molecular complexity index is 2750. The molecule has 97 heavy (non-hydrogen) atoms. The number of nitrogens with one attached hydrogen (secondary N) is 3. The van der Waals surface area contributed by atoms with Gasteiger partial charge >= 0.3 is 0 Å².